The molecule has 9 aromatic rings. The normalized spacial score (nSPS) is 13.9. The third kappa shape index (κ3) is 5.86. The summed E-state index contributed by atoms with van der Waals surface area (Å²) in [5, 5.41) is 0. The van der Waals surface area contributed by atoms with Gasteiger partial charge in [0.1, 0.15) is 0 Å². The Balaban J connectivity index is 0.940. The molecule has 11 rings (SSSR count). The van der Waals surface area contributed by atoms with Gasteiger partial charge in [-0.1, -0.05) is 185 Å². The summed E-state index contributed by atoms with van der Waals surface area (Å²) in [6.45, 7) is 9.53. The quantitative estimate of drug-likeness (QED) is 0.168. The summed E-state index contributed by atoms with van der Waals surface area (Å²) in [5.74, 6) is 0.711. The van der Waals surface area contributed by atoms with E-state index < -0.39 is 0 Å². The molecule has 0 aliphatic heterocycles. The Kier molecular flexibility index (Phi) is 8.22. The van der Waals surface area contributed by atoms with Crippen LogP contribution in [0.15, 0.2) is 194 Å². The maximum atomic E-state index is 5.16. The zero-order valence-electron chi connectivity index (χ0n) is 34.4. The Morgan fingerprint density at radius 2 is 0.683 bits per heavy atom. The lowest BCUT2D eigenvalue weighted by Gasteiger charge is -2.24. The van der Waals surface area contributed by atoms with E-state index in [0.717, 1.165) is 33.6 Å². The van der Waals surface area contributed by atoms with Crippen LogP contribution in [0.4, 0.5) is 0 Å². The lowest BCUT2D eigenvalue weighted by atomic mass is 9.79. The molecule has 2 aliphatic rings. The summed E-state index contributed by atoms with van der Waals surface area (Å²) < 4.78 is 0. The number of aromatic nitrogens is 2. The molecule has 2 heteroatoms. The smallest absolute Gasteiger partial charge is 0.160 e. The minimum Gasteiger partial charge on any atom is -0.228 e. The fourth-order valence-electron chi connectivity index (χ4n) is 9.77. The number of hydrogen-bond acceptors (Lipinski definition) is 2. The summed E-state index contributed by atoms with van der Waals surface area (Å²) in [5.41, 5.74) is 23.0. The molecule has 0 unspecified atom stereocenters. The van der Waals surface area contributed by atoms with E-state index in [2.05, 4.69) is 204 Å². The number of fused-ring (bicyclic) bond motifs is 6. The van der Waals surface area contributed by atoms with Gasteiger partial charge in [-0.05, 0) is 114 Å². The van der Waals surface area contributed by atoms with Crippen molar-refractivity contribution in [2.75, 3.05) is 0 Å². The zero-order chi connectivity index (χ0) is 40.6. The average Bonchev–Trinajstić information content (AvgIpc) is 3.67. The summed E-state index contributed by atoms with van der Waals surface area (Å²) in [6.07, 6.45) is 0. The highest BCUT2D eigenvalue weighted by molar-refractivity contribution is 5.91. The van der Waals surface area contributed by atoms with Crippen molar-refractivity contribution in [3.8, 4) is 89.5 Å². The van der Waals surface area contributed by atoms with Crippen molar-refractivity contribution in [1.82, 2.24) is 9.97 Å². The second-order valence-corrected chi connectivity index (χ2v) is 17.4. The van der Waals surface area contributed by atoms with E-state index in [0.29, 0.717) is 5.82 Å². The maximum absolute atomic E-state index is 5.16. The Morgan fingerprint density at radius 1 is 0.267 bits per heavy atom. The van der Waals surface area contributed by atoms with Gasteiger partial charge in [0.2, 0.25) is 0 Å². The first-order chi connectivity index (χ1) is 29.2. The number of nitrogens with zero attached hydrogens (tertiary/aromatic N) is 2. The Hall–Kier alpha value is -7.16. The summed E-state index contributed by atoms with van der Waals surface area (Å²) in [4.78, 5) is 10.3. The van der Waals surface area contributed by atoms with Gasteiger partial charge < -0.3 is 0 Å². The van der Waals surface area contributed by atoms with Crippen molar-refractivity contribution in [1.29, 1.82) is 0 Å². The average molecular weight is 769 g/mol. The Bertz CT molecular complexity index is 3120. The number of rotatable bonds is 6. The van der Waals surface area contributed by atoms with Crippen molar-refractivity contribution in [2.24, 2.45) is 0 Å². The molecule has 2 nitrogen and oxygen atoms in total. The highest BCUT2D eigenvalue weighted by Gasteiger charge is 2.41. The summed E-state index contributed by atoms with van der Waals surface area (Å²) >= 11 is 0. The lowest BCUT2D eigenvalue weighted by Crippen LogP contribution is -2.17. The monoisotopic (exact) mass is 768 g/mol. The van der Waals surface area contributed by atoms with Gasteiger partial charge >= 0.3 is 0 Å². The van der Waals surface area contributed by atoms with E-state index in [4.69, 9.17) is 9.97 Å². The topological polar surface area (TPSA) is 25.8 Å². The molecule has 2 aliphatic carbocycles. The molecule has 286 valence electrons. The molecule has 60 heavy (non-hydrogen) atoms. The van der Waals surface area contributed by atoms with E-state index in [9.17, 15) is 0 Å². The van der Waals surface area contributed by atoms with Crippen LogP contribution in [-0.4, -0.2) is 9.97 Å². The van der Waals surface area contributed by atoms with Crippen LogP contribution < -0.4 is 0 Å². The highest BCUT2D eigenvalue weighted by Crippen LogP contribution is 2.56. The zero-order valence-corrected chi connectivity index (χ0v) is 34.4. The van der Waals surface area contributed by atoms with Gasteiger partial charge in [0.25, 0.3) is 0 Å². The van der Waals surface area contributed by atoms with Crippen LogP contribution in [0.3, 0.4) is 0 Å². The standard InChI is InChI=1S/C58H44N2/c1-57(2)50-24-12-11-23-46(50)48-34-53-49(35-52(48)57)47-30-29-44(33-51(47)58(53,3)4)42-20-13-19-41(31-42)43-21-14-22-45(32-43)55-36-54(59-56(60-55)40-17-9-6-10-18-40)39-27-25-38(26-28-39)37-15-7-5-8-16-37/h5-36H,1-4H3. The molecular weight excluding hydrogens is 725 g/mol. The predicted octanol–water partition coefficient (Wildman–Crippen LogP) is 15.1. The van der Waals surface area contributed by atoms with E-state index in [1.807, 2.05) is 18.2 Å². The van der Waals surface area contributed by atoms with Gasteiger partial charge in [-0.2, -0.15) is 0 Å². The first kappa shape index (κ1) is 36.0. The van der Waals surface area contributed by atoms with E-state index in [1.165, 1.54) is 72.3 Å². The van der Waals surface area contributed by atoms with Gasteiger partial charge in [0, 0.05) is 27.5 Å². The first-order valence-corrected chi connectivity index (χ1v) is 21.0. The maximum Gasteiger partial charge on any atom is 0.160 e. The third-order valence-corrected chi connectivity index (χ3v) is 13.1. The molecular formula is C58H44N2. The molecule has 0 saturated carbocycles. The number of benzene rings is 8. The molecule has 0 fully saturated rings. The van der Waals surface area contributed by atoms with E-state index >= 15 is 0 Å². The molecule has 0 bridgehead atoms. The van der Waals surface area contributed by atoms with Crippen LogP contribution in [0.5, 0.6) is 0 Å². The second-order valence-electron chi connectivity index (χ2n) is 17.4. The largest absolute Gasteiger partial charge is 0.228 e. The van der Waals surface area contributed by atoms with E-state index in [1.54, 1.807) is 0 Å². The Labute approximate surface area is 353 Å². The van der Waals surface area contributed by atoms with Gasteiger partial charge in [-0.15, -0.1) is 0 Å². The molecule has 0 amide bonds. The van der Waals surface area contributed by atoms with Crippen molar-refractivity contribution < 1.29 is 0 Å². The molecule has 8 aromatic carbocycles. The van der Waals surface area contributed by atoms with Crippen molar-refractivity contribution >= 4 is 0 Å². The van der Waals surface area contributed by atoms with Gasteiger partial charge in [0.05, 0.1) is 11.4 Å². The van der Waals surface area contributed by atoms with Crippen molar-refractivity contribution in [3.05, 3.63) is 216 Å². The minimum atomic E-state index is -0.123. The predicted molar refractivity (Wildman–Crippen MR) is 250 cm³/mol. The highest BCUT2D eigenvalue weighted by atomic mass is 14.9. The number of hydrogen-bond donors (Lipinski definition) is 0. The minimum absolute atomic E-state index is 0.0272. The van der Waals surface area contributed by atoms with Crippen LogP contribution in [0, 0.1) is 0 Å². The second kappa shape index (κ2) is 13.7. The summed E-state index contributed by atoms with van der Waals surface area (Å²) in [6, 6.07) is 70.3. The van der Waals surface area contributed by atoms with Gasteiger partial charge in [0.15, 0.2) is 5.82 Å². The molecule has 1 heterocycles. The Morgan fingerprint density at radius 3 is 1.33 bits per heavy atom. The molecule has 0 saturated heterocycles. The van der Waals surface area contributed by atoms with Crippen molar-refractivity contribution in [3.63, 3.8) is 0 Å². The van der Waals surface area contributed by atoms with E-state index in [-0.39, 0.29) is 10.8 Å². The molecule has 1 aromatic heterocycles. The molecule has 0 spiro atoms. The third-order valence-electron chi connectivity index (χ3n) is 13.1. The van der Waals surface area contributed by atoms with Crippen LogP contribution in [0.2, 0.25) is 0 Å². The van der Waals surface area contributed by atoms with Crippen LogP contribution in [0.1, 0.15) is 49.9 Å². The lowest BCUT2D eigenvalue weighted by molar-refractivity contribution is 0.652. The van der Waals surface area contributed by atoms with Gasteiger partial charge in [-0.3, -0.25) is 0 Å². The van der Waals surface area contributed by atoms with Gasteiger partial charge in [-0.25, -0.2) is 9.97 Å². The fraction of sp³-hybridized carbons (Fsp3) is 0.103. The molecule has 0 radical (unpaired) electrons. The fourth-order valence-corrected chi connectivity index (χ4v) is 9.77. The first-order valence-electron chi connectivity index (χ1n) is 21.0. The molecule has 0 atom stereocenters. The van der Waals surface area contributed by atoms with Crippen LogP contribution >= 0.6 is 0 Å². The molecule has 0 N–H and O–H groups in total. The SMILES string of the molecule is CC1(C)c2ccccc2-c2cc3c(cc21)-c1ccc(-c2cccc(-c4cccc(-c5cc(-c6ccc(-c7ccccc7)cc6)nc(-c6ccccc6)n5)c4)c2)cc1C3(C)C. The summed E-state index contributed by atoms with van der Waals surface area (Å²) in [7, 11) is 0. The van der Waals surface area contributed by atoms with Crippen LogP contribution in [-0.2, 0) is 10.8 Å². The van der Waals surface area contributed by atoms with Crippen LogP contribution in [0.25, 0.3) is 89.5 Å². The van der Waals surface area contributed by atoms with Crippen molar-refractivity contribution in [2.45, 2.75) is 38.5 Å².